The predicted octanol–water partition coefficient (Wildman–Crippen LogP) is -0.263. The molecule has 187 valence electrons. The van der Waals surface area contributed by atoms with E-state index >= 15 is 0 Å². The summed E-state index contributed by atoms with van der Waals surface area (Å²) >= 11 is 0. The van der Waals surface area contributed by atoms with Crippen molar-refractivity contribution in [2.24, 2.45) is 0 Å². The summed E-state index contributed by atoms with van der Waals surface area (Å²) in [6.45, 7) is 13.4. The molecular formula is C27H36Br2CoN4. The summed E-state index contributed by atoms with van der Waals surface area (Å²) in [5, 5.41) is 7.29. The quantitative estimate of drug-likeness (QED) is 0.285. The maximum atomic E-state index is 4.53. The van der Waals surface area contributed by atoms with Crippen LogP contribution >= 0.6 is 0 Å². The Morgan fingerprint density at radius 1 is 0.676 bits per heavy atom. The standard InChI is InChI=1S/C27H36N4.2BrH.Co/c1-21-10-7-11-22(2)26(21)29-16-9-18-31(20-25-14-5-6-15-28-25)19-17-30-27-23(3)12-8-13-24(27)4;;;/h5-8,10-15,29-30H,9,16-20H2,1-4H3;2*1H;/q;;;+2/p-2. The van der Waals surface area contributed by atoms with Crippen molar-refractivity contribution in [3.8, 4) is 0 Å². The van der Waals surface area contributed by atoms with Crippen LogP contribution in [0.15, 0.2) is 60.8 Å². The second-order valence-electron chi connectivity index (χ2n) is 8.34. The van der Waals surface area contributed by atoms with Crippen molar-refractivity contribution in [3.63, 3.8) is 0 Å². The number of nitrogens with one attached hydrogen (secondary N) is 2. The molecular weight excluding hydrogens is 599 g/mol. The summed E-state index contributed by atoms with van der Waals surface area (Å²) in [5.74, 6) is 0. The SMILES string of the molecule is Cc1cccc(C)c1NCCCN(CCNc1c(C)cccc1C)Cc1ccccn1.[Br-].[Br-].[Co+2]. The third-order valence-electron chi connectivity index (χ3n) is 5.76. The van der Waals surface area contributed by atoms with E-state index < -0.39 is 0 Å². The van der Waals surface area contributed by atoms with Crippen LogP contribution in [0, 0.1) is 27.7 Å². The monoisotopic (exact) mass is 633 g/mol. The third kappa shape index (κ3) is 10.1. The molecule has 0 amide bonds. The maximum Gasteiger partial charge on any atom is 2.00 e. The largest absolute Gasteiger partial charge is 2.00 e. The van der Waals surface area contributed by atoms with Crippen molar-refractivity contribution >= 4 is 11.4 Å². The second kappa shape index (κ2) is 17.1. The van der Waals surface area contributed by atoms with Crippen LogP contribution in [-0.4, -0.2) is 36.1 Å². The van der Waals surface area contributed by atoms with Gasteiger partial charge in [0.05, 0.1) is 5.69 Å². The predicted molar refractivity (Wildman–Crippen MR) is 133 cm³/mol. The molecule has 0 aliphatic carbocycles. The molecule has 0 saturated carbocycles. The van der Waals surface area contributed by atoms with E-state index in [-0.39, 0.29) is 50.7 Å². The van der Waals surface area contributed by atoms with Crippen molar-refractivity contribution in [1.82, 2.24) is 9.88 Å². The first-order valence-corrected chi connectivity index (χ1v) is 11.3. The van der Waals surface area contributed by atoms with E-state index in [1.165, 1.54) is 33.6 Å². The van der Waals surface area contributed by atoms with Gasteiger partial charge in [-0.1, -0.05) is 42.5 Å². The van der Waals surface area contributed by atoms with Crippen LogP contribution in [0.4, 0.5) is 11.4 Å². The molecule has 0 bridgehead atoms. The van der Waals surface area contributed by atoms with E-state index in [1.54, 1.807) is 0 Å². The number of aryl methyl sites for hydroxylation is 4. The maximum absolute atomic E-state index is 4.53. The van der Waals surface area contributed by atoms with Gasteiger partial charge in [0.1, 0.15) is 0 Å². The number of hydrogen-bond acceptors (Lipinski definition) is 4. The zero-order valence-corrected chi connectivity index (χ0v) is 24.7. The van der Waals surface area contributed by atoms with Crippen LogP contribution in [0.5, 0.6) is 0 Å². The number of rotatable bonds is 11. The Bertz CT molecular complexity index is 930. The third-order valence-corrected chi connectivity index (χ3v) is 5.76. The first-order chi connectivity index (χ1) is 15.0. The van der Waals surface area contributed by atoms with Crippen molar-refractivity contribution in [2.75, 3.05) is 36.8 Å². The van der Waals surface area contributed by atoms with Crippen LogP contribution in [-0.2, 0) is 23.3 Å². The van der Waals surface area contributed by atoms with Crippen LogP contribution in [0.2, 0.25) is 0 Å². The molecule has 4 nitrogen and oxygen atoms in total. The Kier molecular flexibility index (Phi) is 16.4. The van der Waals surface area contributed by atoms with Gasteiger partial charge in [-0.3, -0.25) is 9.88 Å². The van der Waals surface area contributed by atoms with E-state index in [1.807, 2.05) is 12.3 Å². The molecule has 2 aromatic carbocycles. The van der Waals surface area contributed by atoms with Crippen LogP contribution < -0.4 is 44.6 Å². The summed E-state index contributed by atoms with van der Waals surface area (Å²) in [6.07, 6.45) is 2.97. The Morgan fingerprint density at radius 3 is 1.71 bits per heavy atom. The summed E-state index contributed by atoms with van der Waals surface area (Å²) < 4.78 is 0. The van der Waals surface area contributed by atoms with Gasteiger partial charge in [-0.15, -0.1) is 0 Å². The van der Waals surface area contributed by atoms with Crippen LogP contribution in [0.1, 0.15) is 34.4 Å². The van der Waals surface area contributed by atoms with Gasteiger partial charge >= 0.3 is 16.8 Å². The first kappa shape index (κ1) is 32.6. The average molecular weight is 635 g/mol. The second-order valence-corrected chi connectivity index (χ2v) is 8.34. The molecule has 1 aromatic heterocycles. The molecule has 0 saturated heterocycles. The van der Waals surface area contributed by atoms with Gasteiger partial charge in [0.2, 0.25) is 0 Å². The number of anilines is 2. The zero-order chi connectivity index (χ0) is 22.1. The van der Waals surface area contributed by atoms with Crippen LogP contribution in [0.25, 0.3) is 0 Å². The number of pyridine rings is 1. The molecule has 3 rings (SSSR count). The number of aromatic nitrogens is 1. The molecule has 0 atom stereocenters. The van der Waals surface area contributed by atoms with Crippen molar-refractivity contribution in [1.29, 1.82) is 0 Å². The molecule has 3 aromatic rings. The summed E-state index contributed by atoms with van der Waals surface area (Å²) in [6, 6.07) is 19.1. The van der Waals surface area contributed by atoms with Gasteiger partial charge in [0, 0.05) is 50.3 Å². The topological polar surface area (TPSA) is 40.2 Å². The van der Waals surface area contributed by atoms with E-state index in [4.69, 9.17) is 0 Å². The van der Waals surface area contributed by atoms with E-state index in [2.05, 4.69) is 96.7 Å². The number of para-hydroxylation sites is 2. The Labute approximate surface area is 237 Å². The normalized spacial score (nSPS) is 10.0. The van der Waals surface area contributed by atoms with Gasteiger partial charge in [0.25, 0.3) is 0 Å². The fourth-order valence-corrected chi connectivity index (χ4v) is 4.03. The summed E-state index contributed by atoms with van der Waals surface area (Å²) in [7, 11) is 0. The van der Waals surface area contributed by atoms with Crippen LogP contribution in [0.3, 0.4) is 0 Å². The molecule has 0 aliphatic rings. The van der Waals surface area contributed by atoms with Crippen molar-refractivity contribution in [2.45, 2.75) is 40.7 Å². The van der Waals surface area contributed by atoms with Gasteiger partial charge in [-0.25, -0.2) is 0 Å². The van der Waals surface area contributed by atoms with E-state index in [0.717, 1.165) is 44.8 Å². The van der Waals surface area contributed by atoms with Gasteiger partial charge in [-0.2, -0.15) is 0 Å². The molecule has 0 fully saturated rings. The molecule has 0 spiro atoms. The number of halogens is 2. The van der Waals surface area contributed by atoms with E-state index in [0.29, 0.717) is 0 Å². The number of hydrogen-bond donors (Lipinski definition) is 2. The molecule has 1 radical (unpaired) electrons. The first-order valence-electron chi connectivity index (χ1n) is 11.3. The molecule has 34 heavy (non-hydrogen) atoms. The minimum absolute atomic E-state index is 0. The average Bonchev–Trinajstić information content (AvgIpc) is 2.75. The molecule has 7 heteroatoms. The number of nitrogens with zero attached hydrogens (tertiary/aromatic N) is 2. The Balaban J connectivity index is 0.00000363. The fourth-order valence-electron chi connectivity index (χ4n) is 4.03. The van der Waals surface area contributed by atoms with Crippen molar-refractivity contribution < 1.29 is 50.7 Å². The minimum Gasteiger partial charge on any atom is -1.00 e. The molecule has 0 unspecified atom stereocenters. The zero-order valence-electron chi connectivity index (χ0n) is 20.5. The summed E-state index contributed by atoms with van der Waals surface area (Å²) in [5.41, 5.74) is 8.87. The number of benzene rings is 2. The Morgan fingerprint density at radius 2 is 1.21 bits per heavy atom. The summed E-state index contributed by atoms with van der Waals surface area (Å²) in [4.78, 5) is 7.03. The minimum atomic E-state index is 0. The van der Waals surface area contributed by atoms with Crippen molar-refractivity contribution in [3.05, 3.63) is 88.7 Å². The molecule has 0 aliphatic heterocycles. The molecule has 2 N–H and O–H groups in total. The van der Waals surface area contributed by atoms with Gasteiger partial charge in [-0.05, 0) is 68.5 Å². The van der Waals surface area contributed by atoms with Gasteiger partial charge < -0.3 is 44.6 Å². The fraction of sp³-hybridized carbons (Fsp3) is 0.370. The smallest absolute Gasteiger partial charge is 1.00 e. The molecule has 1 heterocycles. The Hall–Kier alpha value is -1.38. The van der Waals surface area contributed by atoms with Gasteiger partial charge in [0.15, 0.2) is 0 Å². The van der Waals surface area contributed by atoms with E-state index in [9.17, 15) is 0 Å².